The maximum absolute atomic E-state index is 5.91. The molecule has 0 fully saturated rings. The molecule has 0 rings (SSSR count). The summed E-state index contributed by atoms with van der Waals surface area (Å²) in [5.74, 6) is 0. The van der Waals surface area contributed by atoms with Crippen molar-refractivity contribution >= 4 is 9.28 Å². The van der Waals surface area contributed by atoms with Gasteiger partial charge in [-0.15, -0.1) is 0 Å². The van der Waals surface area contributed by atoms with Gasteiger partial charge in [0.25, 0.3) is 0 Å². The summed E-state index contributed by atoms with van der Waals surface area (Å²) in [5, 5.41) is 0. The smallest absolute Gasteiger partial charge is 0.338 e. The van der Waals surface area contributed by atoms with Crippen LogP contribution < -0.4 is 5.73 Å². The quantitative estimate of drug-likeness (QED) is 0.609. The molecule has 0 unspecified atom stereocenters. The molecule has 0 aromatic carbocycles. The Morgan fingerprint density at radius 3 is 2.00 bits per heavy atom. The highest BCUT2D eigenvalue weighted by molar-refractivity contribution is 6.46. The van der Waals surface area contributed by atoms with E-state index >= 15 is 0 Å². The summed E-state index contributed by atoms with van der Waals surface area (Å²) >= 11 is 0. The van der Waals surface area contributed by atoms with Gasteiger partial charge in [-0.2, -0.15) is 0 Å². The molecule has 0 saturated carbocycles. The number of rotatable bonds is 7. The third kappa shape index (κ3) is 4.87. The van der Waals surface area contributed by atoms with Gasteiger partial charge in [-0.25, -0.2) is 0 Å². The zero-order valence-electron chi connectivity index (χ0n) is 8.38. The molecule has 0 aliphatic heterocycles. The molecule has 0 aromatic heterocycles. The summed E-state index contributed by atoms with van der Waals surface area (Å²) in [6.45, 7) is 7.53. The molecule has 0 bridgehead atoms. The Morgan fingerprint density at radius 1 is 1.17 bits per heavy atom. The second-order valence-corrected chi connectivity index (χ2v) is 4.99. The summed E-state index contributed by atoms with van der Waals surface area (Å²) in [4.78, 5) is 0. The first-order valence-electron chi connectivity index (χ1n) is 4.74. The summed E-state index contributed by atoms with van der Waals surface area (Å²) in [6.07, 6.45) is 2.11. The highest BCUT2D eigenvalue weighted by atomic mass is 28.3. The van der Waals surface area contributed by atoms with Crippen LogP contribution >= 0.6 is 0 Å². The summed E-state index contributed by atoms with van der Waals surface area (Å²) in [7, 11) is -1.57. The lowest BCUT2D eigenvalue weighted by Crippen LogP contribution is -2.43. The average Bonchev–Trinajstić information content (AvgIpc) is 2.04. The predicted molar refractivity (Wildman–Crippen MR) is 53.3 cm³/mol. The fourth-order valence-corrected chi connectivity index (χ4v) is 2.95. The average molecular weight is 191 g/mol. The van der Waals surface area contributed by atoms with Crippen molar-refractivity contribution in [3.8, 4) is 0 Å². The lowest BCUT2D eigenvalue weighted by Gasteiger charge is -2.20. The van der Waals surface area contributed by atoms with Crippen molar-refractivity contribution in [1.82, 2.24) is 0 Å². The second kappa shape index (κ2) is 7.73. The van der Waals surface area contributed by atoms with E-state index in [-0.39, 0.29) is 5.67 Å². The standard InChI is InChI=1S/C8H21NO2Si/c1-4-7-8(9)12(10-5-2)11-6-3/h8,12H,4-7,9H2,1-3H3/t8-/m0/s1. The van der Waals surface area contributed by atoms with Gasteiger partial charge in [-0.05, 0) is 20.3 Å². The molecule has 74 valence electrons. The van der Waals surface area contributed by atoms with Gasteiger partial charge >= 0.3 is 9.28 Å². The molecule has 3 nitrogen and oxygen atoms in total. The van der Waals surface area contributed by atoms with Crippen LogP contribution in [0.3, 0.4) is 0 Å². The van der Waals surface area contributed by atoms with Gasteiger partial charge in [0.2, 0.25) is 0 Å². The van der Waals surface area contributed by atoms with Crippen LogP contribution in [-0.2, 0) is 8.85 Å². The molecule has 0 heterocycles. The first kappa shape index (κ1) is 12.1. The molecule has 4 heteroatoms. The Kier molecular flexibility index (Phi) is 7.79. The van der Waals surface area contributed by atoms with Crippen molar-refractivity contribution in [2.45, 2.75) is 39.3 Å². The van der Waals surface area contributed by atoms with Gasteiger partial charge in [-0.3, -0.25) is 0 Å². The van der Waals surface area contributed by atoms with E-state index in [1.165, 1.54) is 0 Å². The van der Waals surface area contributed by atoms with Crippen molar-refractivity contribution < 1.29 is 8.85 Å². The fraction of sp³-hybridized carbons (Fsp3) is 1.00. The molecular formula is C8H21NO2Si. The Morgan fingerprint density at radius 2 is 1.67 bits per heavy atom. The molecule has 1 atom stereocenters. The molecule has 0 aliphatic carbocycles. The van der Waals surface area contributed by atoms with E-state index in [2.05, 4.69) is 6.92 Å². The molecule has 0 aliphatic rings. The van der Waals surface area contributed by atoms with Gasteiger partial charge in [0.15, 0.2) is 0 Å². The van der Waals surface area contributed by atoms with Crippen LogP contribution in [0.2, 0.25) is 0 Å². The van der Waals surface area contributed by atoms with Crippen molar-refractivity contribution in [3.63, 3.8) is 0 Å². The van der Waals surface area contributed by atoms with Gasteiger partial charge < -0.3 is 14.6 Å². The Hall–Kier alpha value is 0.0969. The lowest BCUT2D eigenvalue weighted by molar-refractivity contribution is 0.203. The van der Waals surface area contributed by atoms with E-state index in [9.17, 15) is 0 Å². The Labute approximate surface area is 77.1 Å². The van der Waals surface area contributed by atoms with E-state index in [4.69, 9.17) is 14.6 Å². The van der Waals surface area contributed by atoms with Crippen LogP contribution in [0.25, 0.3) is 0 Å². The zero-order valence-corrected chi connectivity index (χ0v) is 9.53. The van der Waals surface area contributed by atoms with Crippen molar-refractivity contribution in [2.75, 3.05) is 13.2 Å². The van der Waals surface area contributed by atoms with Crippen LogP contribution in [0, 0.1) is 0 Å². The summed E-state index contributed by atoms with van der Waals surface area (Å²) in [5.41, 5.74) is 6.06. The van der Waals surface area contributed by atoms with Crippen LogP contribution in [0.1, 0.15) is 33.6 Å². The fourth-order valence-electron chi connectivity index (χ4n) is 1.09. The summed E-state index contributed by atoms with van der Waals surface area (Å²) < 4.78 is 11.0. The molecule has 0 radical (unpaired) electrons. The van der Waals surface area contributed by atoms with Crippen molar-refractivity contribution in [1.29, 1.82) is 0 Å². The monoisotopic (exact) mass is 191 g/mol. The second-order valence-electron chi connectivity index (χ2n) is 2.73. The third-order valence-corrected chi connectivity index (χ3v) is 3.99. The maximum Gasteiger partial charge on any atom is 0.338 e. The van der Waals surface area contributed by atoms with Gasteiger partial charge in [0.1, 0.15) is 0 Å². The van der Waals surface area contributed by atoms with E-state index < -0.39 is 9.28 Å². The maximum atomic E-state index is 5.91. The largest absolute Gasteiger partial charge is 0.396 e. The van der Waals surface area contributed by atoms with Gasteiger partial charge in [0, 0.05) is 18.9 Å². The van der Waals surface area contributed by atoms with Gasteiger partial charge in [0.05, 0.1) is 0 Å². The zero-order chi connectivity index (χ0) is 9.40. The Bertz CT molecular complexity index is 97.1. The highest BCUT2D eigenvalue weighted by Crippen LogP contribution is 2.01. The van der Waals surface area contributed by atoms with Crippen molar-refractivity contribution in [2.24, 2.45) is 5.73 Å². The van der Waals surface area contributed by atoms with E-state index in [1.807, 2.05) is 13.8 Å². The minimum absolute atomic E-state index is 0.148. The third-order valence-electron chi connectivity index (χ3n) is 1.63. The summed E-state index contributed by atoms with van der Waals surface area (Å²) in [6, 6.07) is 0. The van der Waals surface area contributed by atoms with Gasteiger partial charge in [-0.1, -0.05) is 13.3 Å². The molecule has 12 heavy (non-hydrogen) atoms. The van der Waals surface area contributed by atoms with Crippen LogP contribution in [0.4, 0.5) is 0 Å². The molecule has 0 amide bonds. The SMILES string of the molecule is CCC[C@@H](N)[SiH](OCC)OCC. The van der Waals surface area contributed by atoms with E-state index in [0.29, 0.717) is 13.2 Å². The number of hydrogen-bond donors (Lipinski definition) is 1. The normalized spacial score (nSPS) is 13.8. The van der Waals surface area contributed by atoms with Crippen LogP contribution in [0.15, 0.2) is 0 Å². The molecule has 0 saturated heterocycles. The first-order chi connectivity index (χ1) is 5.76. The van der Waals surface area contributed by atoms with Crippen LogP contribution in [0.5, 0.6) is 0 Å². The van der Waals surface area contributed by atoms with Crippen molar-refractivity contribution in [3.05, 3.63) is 0 Å². The molecule has 2 N–H and O–H groups in total. The number of nitrogens with two attached hydrogens (primary N) is 1. The highest BCUT2D eigenvalue weighted by Gasteiger charge is 2.20. The number of hydrogen-bond acceptors (Lipinski definition) is 3. The van der Waals surface area contributed by atoms with E-state index in [0.717, 1.165) is 12.8 Å². The first-order valence-corrected chi connectivity index (χ1v) is 6.35. The minimum Gasteiger partial charge on any atom is -0.396 e. The topological polar surface area (TPSA) is 44.5 Å². The van der Waals surface area contributed by atoms with E-state index in [1.54, 1.807) is 0 Å². The Balaban J connectivity index is 3.72. The lowest BCUT2D eigenvalue weighted by atomic mass is 10.3. The molecule has 0 spiro atoms. The predicted octanol–water partition coefficient (Wildman–Crippen LogP) is 0.947. The minimum atomic E-state index is -1.57. The van der Waals surface area contributed by atoms with Crippen LogP contribution in [-0.4, -0.2) is 28.2 Å². The molecular weight excluding hydrogens is 170 g/mol. The molecule has 0 aromatic rings.